The smallest absolute Gasteiger partial charge is 0.157 e. The monoisotopic (exact) mass is 286 g/mol. The van der Waals surface area contributed by atoms with Gasteiger partial charge in [0.1, 0.15) is 17.1 Å². The van der Waals surface area contributed by atoms with Gasteiger partial charge in [-0.3, -0.25) is 0 Å². The Morgan fingerprint density at radius 2 is 1.89 bits per heavy atom. The molecule has 19 heavy (non-hydrogen) atoms. The van der Waals surface area contributed by atoms with Crippen molar-refractivity contribution in [2.45, 2.75) is 23.7 Å². The van der Waals surface area contributed by atoms with Gasteiger partial charge in [-0.25, -0.2) is 8.42 Å². The molecule has 0 atom stereocenters. The molecule has 2 rings (SSSR count). The van der Waals surface area contributed by atoms with E-state index in [1.54, 1.807) is 24.3 Å². The predicted octanol–water partition coefficient (Wildman–Crippen LogP) is 0.452. The molecule has 0 bridgehead atoms. The zero-order valence-electron chi connectivity index (χ0n) is 10.7. The highest BCUT2D eigenvalue weighted by Gasteiger charge is 2.52. The van der Waals surface area contributed by atoms with Crippen molar-refractivity contribution < 1.29 is 23.4 Å². The Balaban J connectivity index is 2.25. The van der Waals surface area contributed by atoms with E-state index < -0.39 is 20.7 Å². The van der Waals surface area contributed by atoms with Gasteiger partial charge in [0, 0.05) is 6.26 Å². The van der Waals surface area contributed by atoms with E-state index in [2.05, 4.69) is 0 Å². The van der Waals surface area contributed by atoms with Crippen LogP contribution in [0.15, 0.2) is 24.3 Å². The first-order valence-corrected chi connectivity index (χ1v) is 8.00. The van der Waals surface area contributed by atoms with Crippen LogP contribution in [0.25, 0.3) is 0 Å². The summed E-state index contributed by atoms with van der Waals surface area (Å²) in [7, 11) is -3.28. The minimum absolute atomic E-state index is 0.0682. The number of hydrogen-bond acceptors (Lipinski definition) is 5. The quantitative estimate of drug-likeness (QED) is 0.821. The molecule has 1 aliphatic rings. The largest absolute Gasteiger partial charge is 0.491 e. The summed E-state index contributed by atoms with van der Waals surface area (Å²) in [6, 6.07) is 6.78. The molecule has 0 saturated heterocycles. The third kappa shape index (κ3) is 2.61. The Kier molecular flexibility index (Phi) is 3.85. The van der Waals surface area contributed by atoms with E-state index in [0.29, 0.717) is 11.3 Å². The highest BCUT2D eigenvalue weighted by atomic mass is 32.2. The van der Waals surface area contributed by atoms with E-state index in [1.165, 1.54) is 6.26 Å². The first kappa shape index (κ1) is 14.3. The first-order chi connectivity index (χ1) is 8.89. The fourth-order valence-corrected chi connectivity index (χ4v) is 4.03. The first-order valence-electron chi connectivity index (χ1n) is 6.11. The van der Waals surface area contributed by atoms with Gasteiger partial charge in [-0.15, -0.1) is 0 Å². The molecule has 0 amide bonds. The molecule has 1 saturated carbocycles. The Hall–Kier alpha value is -1.11. The summed E-state index contributed by atoms with van der Waals surface area (Å²) >= 11 is 0. The lowest BCUT2D eigenvalue weighted by molar-refractivity contribution is 0.0557. The number of ether oxygens (including phenoxy) is 1. The van der Waals surface area contributed by atoms with Gasteiger partial charge < -0.3 is 14.9 Å². The van der Waals surface area contributed by atoms with Crippen molar-refractivity contribution in [3.8, 4) is 5.75 Å². The van der Waals surface area contributed by atoms with Crippen molar-refractivity contribution in [3.63, 3.8) is 0 Å². The van der Waals surface area contributed by atoms with Gasteiger partial charge in [0.15, 0.2) is 9.84 Å². The van der Waals surface area contributed by atoms with E-state index in [1.807, 2.05) is 0 Å². The maximum absolute atomic E-state index is 12.0. The molecule has 5 nitrogen and oxygen atoms in total. The van der Waals surface area contributed by atoms with Gasteiger partial charge in [-0.1, -0.05) is 12.1 Å². The molecule has 0 radical (unpaired) electrons. The van der Waals surface area contributed by atoms with Crippen LogP contribution in [0, 0.1) is 0 Å². The van der Waals surface area contributed by atoms with E-state index in [-0.39, 0.29) is 26.1 Å². The lowest BCUT2D eigenvalue weighted by Gasteiger charge is -2.44. The highest BCUT2D eigenvalue weighted by molar-refractivity contribution is 7.91. The number of benzene rings is 1. The maximum Gasteiger partial charge on any atom is 0.157 e. The van der Waals surface area contributed by atoms with Crippen LogP contribution in [0.1, 0.15) is 18.4 Å². The number of aliphatic hydroxyl groups is 2. The van der Waals surface area contributed by atoms with Crippen LogP contribution >= 0.6 is 0 Å². The molecular weight excluding hydrogens is 268 g/mol. The maximum atomic E-state index is 12.0. The standard InChI is InChI=1S/C13H18O5S/c1-19(16,17)13(8-11(15)9-13)10-2-4-12(5-3-10)18-7-6-14/h2-5,11,14-15H,6-9H2,1H3. The molecule has 1 aromatic carbocycles. The van der Waals surface area contributed by atoms with Gasteiger partial charge in [0.05, 0.1) is 12.7 Å². The number of hydrogen-bond donors (Lipinski definition) is 2. The van der Waals surface area contributed by atoms with Crippen molar-refractivity contribution in [3.05, 3.63) is 29.8 Å². The number of sulfone groups is 1. The van der Waals surface area contributed by atoms with Gasteiger partial charge in [0.2, 0.25) is 0 Å². The summed E-state index contributed by atoms with van der Waals surface area (Å²) in [4.78, 5) is 0. The van der Waals surface area contributed by atoms with Gasteiger partial charge in [0.25, 0.3) is 0 Å². The average molecular weight is 286 g/mol. The van der Waals surface area contributed by atoms with E-state index in [4.69, 9.17) is 9.84 Å². The van der Waals surface area contributed by atoms with Crippen molar-refractivity contribution in [2.75, 3.05) is 19.5 Å². The van der Waals surface area contributed by atoms with Crippen molar-refractivity contribution in [2.24, 2.45) is 0 Å². The van der Waals surface area contributed by atoms with Gasteiger partial charge >= 0.3 is 0 Å². The van der Waals surface area contributed by atoms with Crippen molar-refractivity contribution >= 4 is 9.84 Å². The topological polar surface area (TPSA) is 83.8 Å². The van der Waals surface area contributed by atoms with Gasteiger partial charge in [-0.05, 0) is 30.5 Å². The molecule has 0 unspecified atom stereocenters. The Morgan fingerprint density at radius 3 is 2.32 bits per heavy atom. The van der Waals surface area contributed by atoms with Crippen LogP contribution in [0.5, 0.6) is 5.75 Å². The summed E-state index contributed by atoms with van der Waals surface area (Å²) in [5.74, 6) is 0.585. The normalized spacial score (nSPS) is 26.8. The summed E-state index contributed by atoms with van der Waals surface area (Å²) in [5, 5.41) is 18.1. The van der Waals surface area contributed by atoms with E-state index in [9.17, 15) is 13.5 Å². The molecule has 2 N–H and O–H groups in total. The third-order valence-corrected chi connectivity index (χ3v) is 5.57. The Morgan fingerprint density at radius 1 is 1.32 bits per heavy atom. The second-order valence-electron chi connectivity index (χ2n) is 4.92. The van der Waals surface area contributed by atoms with Crippen LogP contribution in [-0.2, 0) is 14.6 Å². The van der Waals surface area contributed by atoms with E-state index in [0.717, 1.165) is 0 Å². The van der Waals surface area contributed by atoms with Gasteiger partial charge in [-0.2, -0.15) is 0 Å². The minimum Gasteiger partial charge on any atom is -0.491 e. The lowest BCUT2D eigenvalue weighted by Crippen LogP contribution is -2.49. The second kappa shape index (κ2) is 5.11. The summed E-state index contributed by atoms with van der Waals surface area (Å²) in [5.41, 5.74) is 0.677. The molecule has 0 aliphatic heterocycles. The highest BCUT2D eigenvalue weighted by Crippen LogP contribution is 2.48. The van der Waals surface area contributed by atoms with Crippen molar-refractivity contribution in [1.82, 2.24) is 0 Å². The average Bonchev–Trinajstić information content (AvgIpc) is 2.31. The predicted molar refractivity (Wildman–Crippen MR) is 70.8 cm³/mol. The molecule has 6 heteroatoms. The number of rotatable bonds is 5. The van der Waals surface area contributed by atoms with Crippen LogP contribution in [0.2, 0.25) is 0 Å². The zero-order chi connectivity index (χ0) is 14.1. The van der Waals surface area contributed by atoms with Crippen molar-refractivity contribution in [1.29, 1.82) is 0 Å². The summed E-state index contributed by atoms with van der Waals surface area (Å²) in [6.07, 6.45) is 1.13. The third-order valence-electron chi connectivity index (χ3n) is 3.58. The summed E-state index contributed by atoms with van der Waals surface area (Å²) < 4.78 is 28.2. The molecule has 106 valence electrons. The molecule has 1 aliphatic carbocycles. The fourth-order valence-electron chi connectivity index (χ4n) is 2.47. The zero-order valence-corrected chi connectivity index (χ0v) is 11.6. The van der Waals surface area contributed by atoms with Crippen LogP contribution < -0.4 is 4.74 Å². The second-order valence-corrected chi connectivity index (χ2v) is 7.25. The molecule has 1 fully saturated rings. The molecule has 0 aromatic heterocycles. The van der Waals surface area contributed by atoms with Crippen LogP contribution in [0.4, 0.5) is 0 Å². The Labute approximate surface area is 112 Å². The molecule has 0 spiro atoms. The number of aliphatic hydroxyl groups excluding tert-OH is 2. The Bertz CT molecular complexity index is 529. The minimum atomic E-state index is -3.28. The summed E-state index contributed by atoms with van der Waals surface area (Å²) in [6.45, 7) is 0.135. The fraction of sp³-hybridized carbons (Fsp3) is 0.538. The van der Waals surface area contributed by atoms with E-state index >= 15 is 0 Å². The molecule has 0 heterocycles. The molecular formula is C13H18O5S. The van der Waals surface area contributed by atoms with Crippen LogP contribution in [-0.4, -0.2) is 44.2 Å². The molecule has 1 aromatic rings. The lowest BCUT2D eigenvalue weighted by atomic mass is 9.76. The van der Waals surface area contributed by atoms with Crippen LogP contribution in [0.3, 0.4) is 0 Å². The SMILES string of the molecule is CS(=O)(=O)C1(c2ccc(OCCO)cc2)CC(O)C1.